The normalized spacial score (nSPS) is 19.4. The number of nitrogens with zero attached hydrogens (tertiary/aromatic N) is 2. The quantitative estimate of drug-likeness (QED) is 0.312. The van der Waals surface area contributed by atoms with Crippen molar-refractivity contribution >= 4 is 29.9 Å². The number of benzene rings is 1. The summed E-state index contributed by atoms with van der Waals surface area (Å²) in [6.45, 7) is 12.3. The molecule has 0 aromatic heterocycles. The third-order valence-corrected chi connectivity index (χ3v) is 5.85. The van der Waals surface area contributed by atoms with Crippen LogP contribution in [0.25, 0.3) is 0 Å². The summed E-state index contributed by atoms with van der Waals surface area (Å²) in [5, 5.41) is 7.10. The summed E-state index contributed by atoms with van der Waals surface area (Å²) >= 11 is 0. The van der Waals surface area contributed by atoms with Gasteiger partial charge in [-0.15, -0.1) is 24.0 Å². The lowest BCUT2D eigenvalue weighted by atomic mass is 10.0. The van der Waals surface area contributed by atoms with Gasteiger partial charge in [0.15, 0.2) is 5.96 Å². The highest BCUT2D eigenvalue weighted by molar-refractivity contribution is 14.0. The molecule has 1 heterocycles. The molecule has 2 N–H and O–H groups in total. The number of ether oxygens (including phenoxy) is 1. The van der Waals surface area contributed by atoms with Crippen LogP contribution in [0.5, 0.6) is 5.75 Å². The van der Waals surface area contributed by atoms with Gasteiger partial charge in [-0.1, -0.05) is 31.0 Å². The van der Waals surface area contributed by atoms with Crippen LogP contribution in [0.15, 0.2) is 29.3 Å². The first-order valence-electron chi connectivity index (χ1n) is 11.5. The number of nitrogens with one attached hydrogen (secondary N) is 2. The molecule has 1 aromatic carbocycles. The number of halogens is 1. The van der Waals surface area contributed by atoms with Crippen molar-refractivity contribution in [3.8, 4) is 5.75 Å². The molecule has 5 nitrogen and oxygen atoms in total. The summed E-state index contributed by atoms with van der Waals surface area (Å²) < 4.78 is 6.12. The molecule has 1 aromatic rings. The Bertz CT molecular complexity index is 659. The Hall–Kier alpha value is -1.02. The van der Waals surface area contributed by atoms with Crippen LogP contribution in [0.2, 0.25) is 0 Å². The average molecular weight is 529 g/mol. The summed E-state index contributed by atoms with van der Waals surface area (Å²) in [7, 11) is 0. The van der Waals surface area contributed by atoms with Gasteiger partial charge in [-0.25, -0.2) is 4.99 Å². The van der Waals surface area contributed by atoms with Crippen molar-refractivity contribution in [2.24, 2.45) is 4.99 Å². The van der Waals surface area contributed by atoms with Crippen molar-refractivity contribution in [1.29, 1.82) is 0 Å². The van der Waals surface area contributed by atoms with Gasteiger partial charge >= 0.3 is 0 Å². The third kappa shape index (κ3) is 7.91. The van der Waals surface area contributed by atoms with Gasteiger partial charge in [0, 0.05) is 37.3 Å². The third-order valence-electron chi connectivity index (χ3n) is 5.85. The van der Waals surface area contributed by atoms with Crippen molar-refractivity contribution in [2.75, 3.05) is 19.6 Å². The van der Waals surface area contributed by atoms with Crippen LogP contribution in [0.4, 0.5) is 0 Å². The van der Waals surface area contributed by atoms with Gasteiger partial charge < -0.3 is 20.3 Å². The first-order valence-corrected chi connectivity index (χ1v) is 11.5. The number of aliphatic imine (C=N–C) groups is 1. The molecule has 1 saturated heterocycles. The van der Waals surface area contributed by atoms with Crippen LogP contribution >= 0.6 is 24.0 Å². The van der Waals surface area contributed by atoms with E-state index in [0.717, 1.165) is 29.9 Å². The van der Waals surface area contributed by atoms with Crippen LogP contribution in [-0.4, -0.2) is 48.2 Å². The summed E-state index contributed by atoms with van der Waals surface area (Å²) in [5.41, 5.74) is 0.909. The maximum Gasteiger partial charge on any atom is 0.191 e. The van der Waals surface area contributed by atoms with Gasteiger partial charge in [0.05, 0.1) is 6.54 Å². The molecule has 0 spiro atoms. The second kappa shape index (κ2) is 12.1. The molecule has 170 valence electrons. The highest BCUT2D eigenvalue weighted by atomic mass is 127. The lowest BCUT2D eigenvalue weighted by molar-refractivity contribution is 0.129. The van der Waals surface area contributed by atoms with Crippen LogP contribution in [0, 0.1) is 0 Å². The van der Waals surface area contributed by atoms with Gasteiger partial charge in [0.1, 0.15) is 11.4 Å². The molecule has 0 radical (unpaired) electrons. The number of piperidine rings is 1. The minimum atomic E-state index is -0.212. The Kier molecular flexibility index (Phi) is 10.2. The van der Waals surface area contributed by atoms with E-state index in [1.54, 1.807) is 0 Å². The molecule has 1 aliphatic heterocycles. The van der Waals surface area contributed by atoms with Crippen LogP contribution < -0.4 is 15.4 Å². The van der Waals surface area contributed by atoms with E-state index in [1.165, 1.54) is 51.6 Å². The van der Waals surface area contributed by atoms with Crippen molar-refractivity contribution in [3.63, 3.8) is 0 Å². The lowest BCUT2D eigenvalue weighted by Crippen LogP contribution is -2.50. The maximum atomic E-state index is 6.12. The Balaban J connectivity index is 0.00000320. The Morgan fingerprint density at radius 1 is 1.10 bits per heavy atom. The zero-order chi connectivity index (χ0) is 20.7. The number of guanidine groups is 1. The average Bonchev–Trinajstić information content (AvgIpc) is 3.21. The monoisotopic (exact) mass is 528 g/mol. The van der Waals surface area contributed by atoms with Crippen molar-refractivity contribution in [2.45, 2.75) is 90.4 Å². The Labute approximate surface area is 200 Å². The van der Waals surface area contributed by atoms with Gasteiger partial charge in [0.25, 0.3) is 0 Å². The molecule has 3 rings (SSSR count). The fourth-order valence-electron chi connectivity index (χ4n) is 4.42. The van der Waals surface area contributed by atoms with Gasteiger partial charge in [-0.3, -0.25) is 0 Å². The first-order chi connectivity index (χ1) is 13.9. The molecule has 1 saturated carbocycles. The predicted molar refractivity (Wildman–Crippen MR) is 137 cm³/mol. The summed E-state index contributed by atoms with van der Waals surface area (Å²) in [6.07, 6.45) is 8.03. The van der Waals surface area contributed by atoms with E-state index in [0.29, 0.717) is 12.6 Å². The van der Waals surface area contributed by atoms with Crippen molar-refractivity contribution in [3.05, 3.63) is 29.8 Å². The van der Waals surface area contributed by atoms with E-state index >= 15 is 0 Å². The highest BCUT2D eigenvalue weighted by Gasteiger charge is 2.27. The Morgan fingerprint density at radius 3 is 2.40 bits per heavy atom. The van der Waals surface area contributed by atoms with Crippen LogP contribution in [0.3, 0.4) is 0 Å². The second-order valence-corrected chi connectivity index (χ2v) is 9.41. The van der Waals surface area contributed by atoms with Crippen molar-refractivity contribution in [1.82, 2.24) is 15.5 Å². The summed E-state index contributed by atoms with van der Waals surface area (Å²) in [4.78, 5) is 7.58. The summed E-state index contributed by atoms with van der Waals surface area (Å²) in [6, 6.07) is 9.57. The van der Waals surface area contributed by atoms with Crippen LogP contribution in [0.1, 0.15) is 71.8 Å². The van der Waals surface area contributed by atoms with Crippen molar-refractivity contribution < 1.29 is 4.74 Å². The first kappa shape index (κ1) is 25.2. The molecule has 2 aliphatic rings. The van der Waals surface area contributed by atoms with E-state index in [4.69, 9.17) is 9.73 Å². The zero-order valence-corrected chi connectivity index (χ0v) is 21.6. The van der Waals surface area contributed by atoms with Gasteiger partial charge in [-0.05, 0) is 59.4 Å². The number of hydrogen-bond donors (Lipinski definition) is 2. The molecule has 0 unspecified atom stereocenters. The fourth-order valence-corrected chi connectivity index (χ4v) is 4.42. The standard InChI is InChI=1S/C24H40N4O.HI/c1-5-25-23(26-18-19-10-6-9-13-22(19)29-24(2,3)4)27-20-14-16-28(17-15-20)21-11-7-8-12-21;/h6,9-10,13,20-21H,5,7-8,11-12,14-18H2,1-4H3,(H2,25,26,27);1H. The van der Waals surface area contributed by atoms with E-state index in [-0.39, 0.29) is 29.6 Å². The van der Waals surface area contributed by atoms with E-state index in [9.17, 15) is 0 Å². The Morgan fingerprint density at radius 2 is 1.77 bits per heavy atom. The minimum absolute atomic E-state index is 0. The molecular formula is C24H41IN4O. The highest BCUT2D eigenvalue weighted by Crippen LogP contribution is 2.26. The topological polar surface area (TPSA) is 48.9 Å². The summed E-state index contributed by atoms with van der Waals surface area (Å²) in [5.74, 6) is 1.84. The number of hydrogen-bond acceptors (Lipinski definition) is 3. The number of para-hydroxylation sites is 1. The molecule has 6 heteroatoms. The van der Waals surface area contributed by atoms with E-state index in [1.807, 2.05) is 12.1 Å². The van der Waals surface area contributed by atoms with E-state index in [2.05, 4.69) is 55.4 Å². The maximum absolute atomic E-state index is 6.12. The number of rotatable bonds is 6. The second-order valence-electron chi connectivity index (χ2n) is 9.41. The van der Waals surface area contributed by atoms with Gasteiger partial charge in [-0.2, -0.15) is 0 Å². The fraction of sp³-hybridized carbons (Fsp3) is 0.708. The molecule has 2 fully saturated rings. The molecule has 0 amide bonds. The largest absolute Gasteiger partial charge is 0.488 e. The molecule has 30 heavy (non-hydrogen) atoms. The smallest absolute Gasteiger partial charge is 0.191 e. The van der Waals surface area contributed by atoms with Gasteiger partial charge in [0.2, 0.25) is 0 Å². The predicted octanol–water partition coefficient (Wildman–Crippen LogP) is 4.94. The molecule has 0 atom stereocenters. The molecular weight excluding hydrogens is 487 g/mol. The van der Waals surface area contributed by atoms with E-state index < -0.39 is 0 Å². The SMILES string of the molecule is CCNC(=NCc1ccccc1OC(C)(C)C)NC1CCN(C2CCCC2)CC1.I. The molecule has 0 bridgehead atoms. The lowest BCUT2D eigenvalue weighted by Gasteiger charge is -2.36. The number of likely N-dealkylation sites (tertiary alicyclic amines) is 1. The molecule has 1 aliphatic carbocycles. The zero-order valence-electron chi connectivity index (χ0n) is 19.2. The van der Waals surface area contributed by atoms with Crippen LogP contribution in [-0.2, 0) is 6.54 Å². The minimum Gasteiger partial charge on any atom is -0.488 e.